The normalized spacial score (nSPS) is 34.1. The van der Waals surface area contributed by atoms with E-state index in [4.69, 9.17) is 20.4 Å². The van der Waals surface area contributed by atoms with E-state index in [1.54, 1.807) is 0 Å². The van der Waals surface area contributed by atoms with Gasteiger partial charge >= 0.3 is 0 Å². The smallest absolute Gasteiger partial charge is 0.0853 e. The molecule has 4 heteroatoms. The van der Waals surface area contributed by atoms with E-state index in [0.717, 1.165) is 0 Å². The van der Waals surface area contributed by atoms with Gasteiger partial charge in [-0.3, -0.25) is 0 Å². The third-order valence-corrected chi connectivity index (χ3v) is 1.60. The molecule has 2 unspecified atom stereocenters. The van der Waals surface area contributed by atoms with Gasteiger partial charge in [0.1, 0.15) is 0 Å². The van der Waals surface area contributed by atoms with E-state index >= 15 is 0 Å². The summed E-state index contributed by atoms with van der Waals surface area (Å²) in [6, 6.07) is 0. The maximum atomic E-state index is 8.45. The Labute approximate surface area is 66.1 Å². The van der Waals surface area contributed by atoms with Crippen LogP contribution in [0.3, 0.4) is 0 Å². The van der Waals surface area contributed by atoms with Crippen LogP contribution in [0.25, 0.3) is 0 Å². The molecule has 1 fully saturated rings. The molecule has 0 aromatic heterocycles. The van der Waals surface area contributed by atoms with Gasteiger partial charge in [-0.1, -0.05) is 6.92 Å². The predicted molar refractivity (Wildman–Crippen MR) is 40.0 cm³/mol. The Kier molecular flexibility index (Phi) is 5.41. The van der Waals surface area contributed by atoms with Crippen molar-refractivity contribution in [3.8, 4) is 0 Å². The average molecular weight is 164 g/mol. The summed E-state index contributed by atoms with van der Waals surface area (Å²) in [7, 11) is 0. The second-order valence-corrected chi connectivity index (χ2v) is 2.64. The Bertz CT molecular complexity index is 74.2. The summed E-state index contributed by atoms with van der Waals surface area (Å²) in [5.41, 5.74) is 0. The Balaban J connectivity index is 0.000000187. The van der Waals surface area contributed by atoms with Gasteiger partial charge in [0.15, 0.2) is 0 Å². The molecule has 0 aromatic rings. The second-order valence-electron chi connectivity index (χ2n) is 2.64. The van der Waals surface area contributed by atoms with Crippen LogP contribution in [0.15, 0.2) is 0 Å². The van der Waals surface area contributed by atoms with E-state index in [2.05, 4.69) is 0 Å². The van der Waals surface area contributed by atoms with Gasteiger partial charge in [-0.15, -0.1) is 0 Å². The minimum absolute atomic E-state index is 0.0938. The largest absolute Gasteiger partial charge is 0.396 e. The minimum Gasteiger partial charge on any atom is -0.396 e. The van der Waals surface area contributed by atoms with Gasteiger partial charge in [0.2, 0.25) is 0 Å². The SMILES string of the molecule is CC1C(O)C1O.OCCCO. The fraction of sp³-hybridized carbons (Fsp3) is 1.00. The van der Waals surface area contributed by atoms with Crippen molar-refractivity contribution in [2.75, 3.05) is 13.2 Å². The first kappa shape index (κ1) is 10.8. The van der Waals surface area contributed by atoms with Crippen molar-refractivity contribution in [2.24, 2.45) is 5.92 Å². The van der Waals surface area contributed by atoms with Crippen molar-refractivity contribution in [2.45, 2.75) is 25.6 Å². The van der Waals surface area contributed by atoms with E-state index < -0.39 is 12.2 Å². The van der Waals surface area contributed by atoms with Gasteiger partial charge in [-0.2, -0.15) is 0 Å². The quantitative estimate of drug-likeness (QED) is 0.410. The monoisotopic (exact) mass is 164 g/mol. The van der Waals surface area contributed by atoms with Crippen LogP contribution in [0.1, 0.15) is 13.3 Å². The predicted octanol–water partition coefficient (Wildman–Crippen LogP) is -1.28. The average Bonchev–Trinajstić information content (AvgIpc) is 2.49. The topological polar surface area (TPSA) is 80.9 Å². The molecular formula is C7H16O4. The summed E-state index contributed by atoms with van der Waals surface area (Å²) in [6.45, 7) is 2.00. The lowest BCUT2D eigenvalue weighted by Crippen LogP contribution is -1.85. The van der Waals surface area contributed by atoms with Gasteiger partial charge < -0.3 is 20.4 Å². The first-order valence-electron chi connectivity index (χ1n) is 3.73. The molecule has 1 rings (SSSR count). The van der Waals surface area contributed by atoms with Crippen LogP contribution < -0.4 is 0 Å². The molecular weight excluding hydrogens is 148 g/mol. The van der Waals surface area contributed by atoms with Crippen molar-refractivity contribution in [1.82, 2.24) is 0 Å². The molecule has 1 saturated carbocycles. The first-order chi connectivity index (χ1) is 5.15. The molecule has 0 radical (unpaired) electrons. The lowest BCUT2D eigenvalue weighted by molar-refractivity contribution is 0.180. The molecule has 0 saturated heterocycles. The third-order valence-electron chi connectivity index (χ3n) is 1.60. The maximum Gasteiger partial charge on any atom is 0.0853 e. The van der Waals surface area contributed by atoms with Crippen LogP contribution >= 0.6 is 0 Å². The highest BCUT2D eigenvalue weighted by Gasteiger charge is 2.43. The number of aliphatic hydroxyl groups is 4. The molecule has 4 nitrogen and oxygen atoms in total. The van der Waals surface area contributed by atoms with Gasteiger partial charge in [0.05, 0.1) is 12.2 Å². The Morgan fingerprint density at radius 2 is 1.27 bits per heavy atom. The summed E-state index contributed by atoms with van der Waals surface area (Å²) >= 11 is 0. The third kappa shape index (κ3) is 4.31. The number of hydrogen-bond acceptors (Lipinski definition) is 4. The van der Waals surface area contributed by atoms with Crippen LogP contribution in [0.4, 0.5) is 0 Å². The summed E-state index contributed by atoms with van der Waals surface area (Å²) < 4.78 is 0. The molecule has 0 heterocycles. The zero-order valence-corrected chi connectivity index (χ0v) is 6.64. The van der Waals surface area contributed by atoms with E-state index in [1.807, 2.05) is 6.92 Å². The molecule has 0 amide bonds. The van der Waals surface area contributed by atoms with Gasteiger partial charge in [-0.05, 0) is 6.42 Å². The van der Waals surface area contributed by atoms with Crippen molar-refractivity contribution < 1.29 is 20.4 Å². The standard InChI is InChI=1S/C4H8O2.C3H8O2/c1-2-3(5)4(2)6;4-2-1-3-5/h2-6H,1H3;4-5H,1-3H2. The minimum atomic E-state index is -0.426. The molecule has 1 aliphatic rings. The van der Waals surface area contributed by atoms with Crippen LogP contribution in [0.2, 0.25) is 0 Å². The molecule has 4 N–H and O–H groups in total. The number of rotatable bonds is 2. The highest BCUT2D eigenvalue weighted by molar-refractivity contribution is 4.93. The van der Waals surface area contributed by atoms with E-state index in [-0.39, 0.29) is 19.1 Å². The fourth-order valence-electron chi connectivity index (χ4n) is 0.492. The molecule has 0 bridgehead atoms. The molecule has 11 heavy (non-hydrogen) atoms. The van der Waals surface area contributed by atoms with Crippen molar-refractivity contribution >= 4 is 0 Å². The van der Waals surface area contributed by atoms with Crippen molar-refractivity contribution in [3.05, 3.63) is 0 Å². The van der Waals surface area contributed by atoms with Crippen LogP contribution in [0, 0.1) is 5.92 Å². The van der Waals surface area contributed by atoms with Crippen LogP contribution in [0.5, 0.6) is 0 Å². The van der Waals surface area contributed by atoms with Crippen molar-refractivity contribution in [1.29, 1.82) is 0 Å². The Morgan fingerprint density at radius 1 is 1.00 bits per heavy atom. The zero-order chi connectivity index (χ0) is 8.85. The molecule has 1 aliphatic carbocycles. The highest BCUT2D eigenvalue weighted by atomic mass is 16.4. The zero-order valence-electron chi connectivity index (χ0n) is 6.64. The Morgan fingerprint density at radius 3 is 1.27 bits per heavy atom. The molecule has 0 aliphatic heterocycles. The van der Waals surface area contributed by atoms with E-state index in [9.17, 15) is 0 Å². The van der Waals surface area contributed by atoms with E-state index in [0.29, 0.717) is 6.42 Å². The first-order valence-corrected chi connectivity index (χ1v) is 3.73. The lowest BCUT2D eigenvalue weighted by Gasteiger charge is -1.79. The highest BCUT2D eigenvalue weighted by Crippen LogP contribution is 2.29. The summed E-state index contributed by atoms with van der Waals surface area (Å²) in [4.78, 5) is 0. The molecule has 68 valence electrons. The Hall–Kier alpha value is -0.160. The number of hydrogen-bond donors (Lipinski definition) is 4. The molecule has 0 aromatic carbocycles. The molecule has 2 atom stereocenters. The van der Waals surface area contributed by atoms with Gasteiger partial charge in [0.25, 0.3) is 0 Å². The van der Waals surface area contributed by atoms with Crippen LogP contribution in [-0.4, -0.2) is 45.8 Å². The summed E-state index contributed by atoms with van der Waals surface area (Å²) in [5.74, 6) is 0.130. The van der Waals surface area contributed by atoms with Crippen LogP contribution in [-0.2, 0) is 0 Å². The lowest BCUT2D eigenvalue weighted by atomic mass is 10.5. The maximum absolute atomic E-state index is 8.45. The fourth-order valence-corrected chi connectivity index (χ4v) is 0.492. The summed E-state index contributed by atoms with van der Waals surface area (Å²) in [6.07, 6.45) is -0.352. The second kappa shape index (κ2) is 5.49. The van der Waals surface area contributed by atoms with Crippen molar-refractivity contribution in [3.63, 3.8) is 0 Å². The van der Waals surface area contributed by atoms with E-state index in [1.165, 1.54) is 0 Å². The molecule has 0 spiro atoms. The van der Waals surface area contributed by atoms with Gasteiger partial charge in [0, 0.05) is 19.1 Å². The number of aliphatic hydroxyl groups excluding tert-OH is 4. The van der Waals surface area contributed by atoms with Gasteiger partial charge in [-0.25, -0.2) is 0 Å². The summed E-state index contributed by atoms with van der Waals surface area (Å²) in [5, 5.41) is 32.7.